The SMILES string of the molecule is Cc1cnccc1NC(C)CCO. The lowest BCUT2D eigenvalue weighted by atomic mass is 10.2. The zero-order chi connectivity index (χ0) is 9.68. The second-order valence-corrected chi connectivity index (χ2v) is 3.25. The molecule has 0 fully saturated rings. The fraction of sp³-hybridized carbons (Fsp3) is 0.500. The van der Waals surface area contributed by atoms with Crippen LogP contribution in [0, 0.1) is 6.92 Å². The van der Waals surface area contributed by atoms with Crippen LogP contribution in [0.4, 0.5) is 5.69 Å². The number of aryl methyl sites for hydroxylation is 1. The molecule has 0 radical (unpaired) electrons. The summed E-state index contributed by atoms with van der Waals surface area (Å²) in [4.78, 5) is 4.01. The number of rotatable bonds is 4. The monoisotopic (exact) mass is 180 g/mol. The third kappa shape index (κ3) is 3.03. The van der Waals surface area contributed by atoms with E-state index in [1.54, 1.807) is 6.20 Å². The van der Waals surface area contributed by atoms with E-state index >= 15 is 0 Å². The number of anilines is 1. The van der Waals surface area contributed by atoms with Crippen molar-refractivity contribution in [3.05, 3.63) is 24.0 Å². The first-order chi connectivity index (χ1) is 6.24. The number of aromatic nitrogens is 1. The number of nitrogens with zero attached hydrogens (tertiary/aromatic N) is 1. The lowest BCUT2D eigenvalue weighted by Gasteiger charge is -2.15. The summed E-state index contributed by atoms with van der Waals surface area (Å²) in [5, 5.41) is 12.0. The minimum absolute atomic E-state index is 0.221. The quantitative estimate of drug-likeness (QED) is 0.739. The van der Waals surface area contributed by atoms with E-state index in [4.69, 9.17) is 5.11 Å². The molecular formula is C10H16N2O. The summed E-state index contributed by atoms with van der Waals surface area (Å²) in [6, 6.07) is 2.24. The van der Waals surface area contributed by atoms with Crippen molar-refractivity contribution in [1.29, 1.82) is 0 Å². The Kier molecular flexibility index (Phi) is 3.71. The van der Waals surface area contributed by atoms with E-state index < -0.39 is 0 Å². The topological polar surface area (TPSA) is 45.2 Å². The molecule has 0 aliphatic heterocycles. The lowest BCUT2D eigenvalue weighted by molar-refractivity contribution is 0.282. The lowest BCUT2D eigenvalue weighted by Crippen LogP contribution is -2.17. The molecule has 0 amide bonds. The first kappa shape index (κ1) is 9.99. The Bertz CT molecular complexity index is 263. The number of hydrogen-bond donors (Lipinski definition) is 2. The van der Waals surface area contributed by atoms with Crippen molar-refractivity contribution >= 4 is 5.69 Å². The highest BCUT2D eigenvalue weighted by Gasteiger charge is 2.02. The van der Waals surface area contributed by atoms with Crippen LogP contribution in [-0.2, 0) is 0 Å². The van der Waals surface area contributed by atoms with Gasteiger partial charge in [0.15, 0.2) is 0 Å². The first-order valence-corrected chi connectivity index (χ1v) is 4.52. The van der Waals surface area contributed by atoms with Gasteiger partial charge < -0.3 is 10.4 Å². The molecule has 13 heavy (non-hydrogen) atoms. The van der Waals surface area contributed by atoms with E-state index in [0.29, 0.717) is 6.04 Å². The molecule has 1 aromatic heterocycles. The summed E-state index contributed by atoms with van der Waals surface area (Å²) in [5.74, 6) is 0. The van der Waals surface area contributed by atoms with E-state index in [2.05, 4.69) is 17.2 Å². The summed E-state index contributed by atoms with van der Waals surface area (Å²) in [6.07, 6.45) is 4.36. The molecule has 0 bridgehead atoms. The van der Waals surface area contributed by atoms with E-state index in [-0.39, 0.29) is 6.61 Å². The van der Waals surface area contributed by atoms with Gasteiger partial charge in [-0.2, -0.15) is 0 Å². The molecule has 0 aliphatic carbocycles. The van der Waals surface area contributed by atoms with Gasteiger partial charge in [0.1, 0.15) is 0 Å². The average molecular weight is 180 g/mol. The molecule has 0 saturated heterocycles. The molecule has 0 saturated carbocycles. The zero-order valence-electron chi connectivity index (χ0n) is 8.12. The first-order valence-electron chi connectivity index (χ1n) is 4.52. The molecular weight excluding hydrogens is 164 g/mol. The molecule has 1 atom stereocenters. The minimum Gasteiger partial charge on any atom is -0.396 e. The van der Waals surface area contributed by atoms with Crippen molar-refractivity contribution < 1.29 is 5.11 Å². The Balaban J connectivity index is 2.58. The van der Waals surface area contributed by atoms with Crippen molar-refractivity contribution in [3.63, 3.8) is 0 Å². The maximum Gasteiger partial charge on any atom is 0.0450 e. The van der Waals surface area contributed by atoms with Crippen molar-refractivity contribution in [2.75, 3.05) is 11.9 Å². The second kappa shape index (κ2) is 4.82. The summed E-state index contributed by atoms with van der Waals surface area (Å²) in [6.45, 7) is 4.29. The normalized spacial score (nSPS) is 12.5. The van der Waals surface area contributed by atoms with Crippen LogP contribution in [0.5, 0.6) is 0 Å². The van der Waals surface area contributed by atoms with Crippen LogP contribution in [-0.4, -0.2) is 22.7 Å². The molecule has 3 heteroatoms. The molecule has 1 aromatic rings. The van der Waals surface area contributed by atoms with E-state index in [1.165, 1.54) is 0 Å². The van der Waals surface area contributed by atoms with Crippen LogP contribution in [0.1, 0.15) is 18.9 Å². The van der Waals surface area contributed by atoms with E-state index in [0.717, 1.165) is 17.7 Å². The van der Waals surface area contributed by atoms with Crippen LogP contribution in [0.3, 0.4) is 0 Å². The fourth-order valence-corrected chi connectivity index (χ4v) is 1.17. The van der Waals surface area contributed by atoms with E-state index in [1.807, 2.05) is 19.2 Å². The molecule has 1 rings (SSSR count). The van der Waals surface area contributed by atoms with Gasteiger partial charge in [-0.3, -0.25) is 4.98 Å². The molecule has 0 spiro atoms. The van der Waals surface area contributed by atoms with Crippen molar-refractivity contribution in [2.45, 2.75) is 26.3 Å². The van der Waals surface area contributed by atoms with Crippen molar-refractivity contribution in [2.24, 2.45) is 0 Å². The molecule has 72 valence electrons. The highest BCUT2D eigenvalue weighted by Crippen LogP contribution is 2.13. The van der Waals surface area contributed by atoms with Gasteiger partial charge >= 0.3 is 0 Å². The average Bonchev–Trinajstić information content (AvgIpc) is 2.09. The van der Waals surface area contributed by atoms with Gasteiger partial charge in [0.2, 0.25) is 0 Å². The smallest absolute Gasteiger partial charge is 0.0450 e. The number of aliphatic hydroxyl groups excluding tert-OH is 1. The van der Waals surface area contributed by atoms with Crippen molar-refractivity contribution in [1.82, 2.24) is 4.98 Å². The van der Waals surface area contributed by atoms with Gasteiger partial charge in [0.25, 0.3) is 0 Å². The van der Waals surface area contributed by atoms with Gasteiger partial charge in [-0.1, -0.05) is 0 Å². The zero-order valence-corrected chi connectivity index (χ0v) is 8.12. The van der Waals surface area contributed by atoms with Gasteiger partial charge in [0.05, 0.1) is 0 Å². The number of hydrogen-bond acceptors (Lipinski definition) is 3. The Morgan fingerprint density at radius 2 is 2.38 bits per heavy atom. The Morgan fingerprint density at radius 3 is 3.00 bits per heavy atom. The largest absolute Gasteiger partial charge is 0.396 e. The summed E-state index contributed by atoms with van der Waals surface area (Å²) in [7, 11) is 0. The Labute approximate surface area is 78.8 Å². The maximum absolute atomic E-state index is 8.73. The van der Waals surface area contributed by atoms with Crippen LogP contribution < -0.4 is 5.32 Å². The highest BCUT2D eigenvalue weighted by molar-refractivity contribution is 5.49. The van der Waals surface area contributed by atoms with Crippen molar-refractivity contribution in [3.8, 4) is 0 Å². The molecule has 2 N–H and O–H groups in total. The van der Waals surface area contributed by atoms with Gasteiger partial charge in [-0.15, -0.1) is 0 Å². The van der Waals surface area contributed by atoms with Crippen LogP contribution in [0.2, 0.25) is 0 Å². The highest BCUT2D eigenvalue weighted by atomic mass is 16.3. The molecule has 0 aliphatic rings. The van der Waals surface area contributed by atoms with Crippen LogP contribution in [0.25, 0.3) is 0 Å². The summed E-state index contributed by atoms with van der Waals surface area (Å²) in [5.41, 5.74) is 2.23. The molecule has 0 aromatic carbocycles. The maximum atomic E-state index is 8.73. The number of nitrogens with one attached hydrogen (secondary N) is 1. The third-order valence-corrected chi connectivity index (χ3v) is 1.98. The molecule has 1 unspecified atom stereocenters. The van der Waals surface area contributed by atoms with Gasteiger partial charge in [-0.25, -0.2) is 0 Å². The fourth-order valence-electron chi connectivity index (χ4n) is 1.17. The van der Waals surface area contributed by atoms with Gasteiger partial charge in [0, 0.05) is 30.7 Å². The second-order valence-electron chi connectivity index (χ2n) is 3.25. The standard InChI is InChI=1S/C10H16N2O/c1-8-7-11-5-3-10(8)12-9(2)4-6-13/h3,5,7,9,13H,4,6H2,1-2H3,(H,11,12). The number of aliphatic hydroxyl groups is 1. The predicted octanol–water partition coefficient (Wildman–Crippen LogP) is 1.57. The Hall–Kier alpha value is -1.09. The molecule has 1 heterocycles. The Morgan fingerprint density at radius 1 is 1.62 bits per heavy atom. The summed E-state index contributed by atoms with van der Waals surface area (Å²) >= 11 is 0. The van der Waals surface area contributed by atoms with E-state index in [9.17, 15) is 0 Å². The third-order valence-electron chi connectivity index (χ3n) is 1.98. The number of pyridine rings is 1. The van der Waals surface area contributed by atoms with Gasteiger partial charge in [-0.05, 0) is 31.9 Å². The minimum atomic E-state index is 0.221. The predicted molar refractivity (Wildman–Crippen MR) is 53.8 cm³/mol. The van der Waals surface area contributed by atoms with Crippen LogP contribution >= 0.6 is 0 Å². The molecule has 3 nitrogen and oxygen atoms in total. The summed E-state index contributed by atoms with van der Waals surface area (Å²) < 4.78 is 0. The van der Waals surface area contributed by atoms with Crippen LogP contribution in [0.15, 0.2) is 18.5 Å².